The van der Waals surface area contributed by atoms with Crippen LogP contribution in [0.2, 0.25) is 0 Å². The number of halogens is 4. The lowest BCUT2D eigenvalue weighted by atomic mass is 10.1. The van der Waals surface area contributed by atoms with Gasteiger partial charge in [0, 0.05) is 17.8 Å². The number of nitro benzene ring substituents is 1. The van der Waals surface area contributed by atoms with E-state index in [2.05, 4.69) is 0 Å². The molecule has 0 unspecified atom stereocenters. The van der Waals surface area contributed by atoms with E-state index in [0.29, 0.717) is 12.1 Å². The van der Waals surface area contributed by atoms with Gasteiger partial charge in [0.05, 0.1) is 10.5 Å². The number of hydrogen-bond donors (Lipinski definition) is 1. The molecule has 1 aromatic carbocycles. The number of nitrogens with zero attached hydrogens (tertiary/aromatic N) is 1. The number of benzene rings is 1. The average Bonchev–Trinajstić information content (AvgIpc) is 2.15. The Balaban J connectivity index is 3.28. The molecule has 0 aliphatic rings. The molecule has 0 saturated carbocycles. The summed E-state index contributed by atoms with van der Waals surface area (Å²) >= 11 is 5.11. The largest absolute Gasteiger partial charge is 0.416 e. The van der Waals surface area contributed by atoms with Gasteiger partial charge in [0.15, 0.2) is 0 Å². The molecule has 0 aliphatic carbocycles. The van der Waals surface area contributed by atoms with Gasteiger partial charge in [-0.05, 0) is 12.1 Å². The van der Waals surface area contributed by atoms with Crippen LogP contribution in [0.25, 0.3) is 0 Å². The van der Waals surface area contributed by atoms with Crippen LogP contribution in [0.5, 0.6) is 0 Å². The molecule has 4 nitrogen and oxygen atoms in total. The zero-order valence-corrected chi connectivity index (χ0v) is 7.76. The van der Waals surface area contributed by atoms with Gasteiger partial charge >= 0.3 is 6.18 Å². The highest BCUT2D eigenvalue weighted by Gasteiger charge is 2.32. The molecule has 0 bridgehead atoms. The van der Waals surface area contributed by atoms with E-state index in [-0.39, 0.29) is 5.69 Å². The molecule has 8 heteroatoms. The lowest BCUT2D eigenvalue weighted by Gasteiger charge is -2.07. The minimum Gasteiger partial charge on any atom is -0.292 e. The lowest BCUT2D eigenvalue weighted by molar-refractivity contribution is -0.384. The summed E-state index contributed by atoms with van der Waals surface area (Å²) in [5.41, 5.74) is -2.00. The molecule has 0 heterocycles. The van der Waals surface area contributed by atoms with Crippen molar-refractivity contribution in [3.8, 4) is 0 Å². The summed E-state index contributed by atoms with van der Waals surface area (Å²) in [6.07, 6.45) is -4.62. The van der Waals surface area contributed by atoms with E-state index in [1.54, 1.807) is 0 Å². The zero-order chi connectivity index (χ0) is 11.6. The highest BCUT2D eigenvalue weighted by atomic mass is 35.5. The van der Waals surface area contributed by atoms with Crippen molar-refractivity contribution in [3.05, 3.63) is 33.9 Å². The maximum Gasteiger partial charge on any atom is 0.416 e. The molecule has 0 fully saturated rings. The molecule has 0 aromatic heterocycles. The summed E-state index contributed by atoms with van der Waals surface area (Å²) in [6.45, 7) is 0. The Morgan fingerprint density at radius 2 is 2.00 bits per heavy atom. The number of hydrogen-bond acceptors (Lipinski definition) is 3. The predicted octanol–water partition coefficient (Wildman–Crippen LogP) is 3.18. The molecule has 0 radical (unpaired) electrons. The Morgan fingerprint density at radius 1 is 1.40 bits per heavy atom. The molecule has 82 valence electrons. The number of anilines is 1. The van der Waals surface area contributed by atoms with E-state index >= 15 is 0 Å². The Kier molecular flexibility index (Phi) is 3.04. The molecule has 0 atom stereocenters. The first-order chi connectivity index (χ1) is 6.86. The van der Waals surface area contributed by atoms with Gasteiger partial charge in [-0.25, -0.2) is 0 Å². The highest BCUT2D eigenvalue weighted by molar-refractivity contribution is 6.24. The molecule has 0 amide bonds. The van der Waals surface area contributed by atoms with Crippen molar-refractivity contribution in [1.82, 2.24) is 0 Å². The van der Waals surface area contributed by atoms with Crippen molar-refractivity contribution in [2.24, 2.45) is 0 Å². The SMILES string of the molecule is O=[N+]([O-])c1cc(C(F)(F)F)ccc1NCl. The molecule has 15 heavy (non-hydrogen) atoms. The van der Waals surface area contributed by atoms with Crippen LogP contribution in [0.15, 0.2) is 18.2 Å². The van der Waals surface area contributed by atoms with E-state index in [1.165, 1.54) is 0 Å². The summed E-state index contributed by atoms with van der Waals surface area (Å²) in [5.74, 6) is 0. The first-order valence-electron chi connectivity index (χ1n) is 3.58. The van der Waals surface area contributed by atoms with Gasteiger partial charge in [-0.1, -0.05) is 0 Å². The fourth-order valence-electron chi connectivity index (χ4n) is 0.939. The third-order valence-electron chi connectivity index (χ3n) is 1.62. The molecular weight excluding hydrogens is 237 g/mol. The van der Waals surface area contributed by atoms with Crippen molar-refractivity contribution in [2.75, 3.05) is 4.84 Å². The quantitative estimate of drug-likeness (QED) is 0.491. The van der Waals surface area contributed by atoms with Gasteiger partial charge in [-0.3, -0.25) is 15.0 Å². The maximum absolute atomic E-state index is 12.2. The predicted molar refractivity (Wildman–Crippen MR) is 47.6 cm³/mol. The van der Waals surface area contributed by atoms with Crippen LogP contribution >= 0.6 is 11.8 Å². The van der Waals surface area contributed by atoms with Crippen LogP contribution in [0.1, 0.15) is 5.56 Å². The third-order valence-corrected chi connectivity index (χ3v) is 1.83. The Labute approximate surface area is 86.9 Å². The number of nitro groups is 1. The summed E-state index contributed by atoms with van der Waals surface area (Å²) < 4.78 is 36.6. The minimum absolute atomic E-state index is 0.185. The van der Waals surface area contributed by atoms with Crippen molar-refractivity contribution in [1.29, 1.82) is 0 Å². The Bertz CT molecular complexity index is 394. The third kappa shape index (κ3) is 2.50. The molecule has 1 aromatic rings. The van der Waals surface area contributed by atoms with Gasteiger partial charge in [-0.15, -0.1) is 0 Å². The first kappa shape index (κ1) is 11.6. The minimum atomic E-state index is -4.62. The fraction of sp³-hybridized carbons (Fsp3) is 0.143. The van der Waals surface area contributed by atoms with Crippen LogP contribution in [0.3, 0.4) is 0 Å². The van der Waals surface area contributed by atoms with E-state index in [4.69, 9.17) is 11.8 Å². The van der Waals surface area contributed by atoms with E-state index in [0.717, 1.165) is 6.07 Å². The van der Waals surface area contributed by atoms with Crippen molar-refractivity contribution >= 4 is 23.2 Å². The summed E-state index contributed by atoms with van der Waals surface area (Å²) in [6, 6.07) is 2.02. The second-order valence-electron chi connectivity index (χ2n) is 2.58. The summed E-state index contributed by atoms with van der Waals surface area (Å²) in [5, 5.41) is 10.4. The summed E-state index contributed by atoms with van der Waals surface area (Å²) in [4.78, 5) is 11.4. The second-order valence-corrected chi connectivity index (χ2v) is 2.77. The Morgan fingerprint density at radius 3 is 2.40 bits per heavy atom. The normalized spacial score (nSPS) is 11.2. The van der Waals surface area contributed by atoms with Gasteiger partial charge in [0.1, 0.15) is 5.69 Å². The van der Waals surface area contributed by atoms with Crippen LogP contribution in [0, 0.1) is 10.1 Å². The smallest absolute Gasteiger partial charge is 0.292 e. The van der Waals surface area contributed by atoms with Crippen molar-refractivity contribution in [3.63, 3.8) is 0 Å². The van der Waals surface area contributed by atoms with Gasteiger partial charge in [-0.2, -0.15) is 13.2 Å². The lowest BCUT2D eigenvalue weighted by Crippen LogP contribution is -2.06. The van der Waals surface area contributed by atoms with Gasteiger partial charge < -0.3 is 0 Å². The highest BCUT2D eigenvalue weighted by Crippen LogP contribution is 2.34. The van der Waals surface area contributed by atoms with Crippen LogP contribution in [0.4, 0.5) is 24.5 Å². The fourth-order valence-corrected chi connectivity index (χ4v) is 1.10. The number of rotatable bonds is 2. The van der Waals surface area contributed by atoms with E-state index in [1.807, 2.05) is 4.84 Å². The Hall–Kier alpha value is -1.50. The monoisotopic (exact) mass is 240 g/mol. The molecule has 0 spiro atoms. The standard InChI is InChI=1S/C7H4ClF3N2O2/c8-12-5-2-1-4(7(9,10)11)3-6(5)13(14)15/h1-3,12H. The van der Waals surface area contributed by atoms with Gasteiger partial charge in [0.25, 0.3) is 5.69 Å². The molecule has 0 aliphatic heterocycles. The van der Waals surface area contributed by atoms with Crippen LogP contribution < -0.4 is 4.84 Å². The molecular formula is C7H4ClF3N2O2. The van der Waals surface area contributed by atoms with Crippen LogP contribution in [-0.2, 0) is 6.18 Å². The molecule has 0 saturated heterocycles. The first-order valence-corrected chi connectivity index (χ1v) is 3.96. The van der Waals surface area contributed by atoms with Gasteiger partial charge in [0.2, 0.25) is 0 Å². The zero-order valence-electron chi connectivity index (χ0n) is 7.01. The van der Waals surface area contributed by atoms with Crippen molar-refractivity contribution < 1.29 is 18.1 Å². The maximum atomic E-state index is 12.2. The molecule has 1 rings (SSSR count). The topological polar surface area (TPSA) is 55.2 Å². The van der Waals surface area contributed by atoms with E-state index in [9.17, 15) is 23.3 Å². The van der Waals surface area contributed by atoms with Crippen molar-refractivity contribution in [2.45, 2.75) is 6.18 Å². The second kappa shape index (κ2) is 3.93. The molecule has 1 N–H and O–H groups in total. The van der Waals surface area contributed by atoms with Crippen LogP contribution in [-0.4, -0.2) is 4.92 Å². The van der Waals surface area contributed by atoms with E-state index < -0.39 is 22.4 Å². The number of nitrogens with one attached hydrogen (secondary N) is 1. The number of alkyl halides is 3. The summed E-state index contributed by atoms with van der Waals surface area (Å²) in [7, 11) is 0. The average molecular weight is 241 g/mol.